The molecule has 0 radical (unpaired) electrons. The lowest BCUT2D eigenvalue weighted by Crippen LogP contribution is -2.45. The van der Waals surface area contributed by atoms with E-state index in [1.54, 1.807) is 7.11 Å². The summed E-state index contributed by atoms with van der Waals surface area (Å²) in [5.41, 5.74) is 2.45. The van der Waals surface area contributed by atoms with Gasteiger partial charge in [-0.25, -0.2) is 0 Å². The molecule has 4 heteroatoms. The number of hydrogen-bond acceptors (Lipinski definition) is 3. The molecular weight excluding hydrogens is 296 g/mol. The van der Waals surface area contributed by atoms with E-state index in [1.165, 1.54) is 11.1 Å². The van der Waals surface area contributed by atoms with Gasteiger partial charge < -0.3 is 10.1 Å². The van der Waals surface area contributed by atoms with Crippen LogP contribution in [0.4, 0.5) is 0 Å². The Labute approximate surface area is 136 Å². The molecule has 3 nitrogen and oxygen atoms in total. The highest BCUT2D eigenvalue weighted by Gasteiger charge is 2.26. The van der Waals surface area contributed by atoms with Crippen LogP contribution >= 0.6 is 11.6 Å². The summed E-state index contributed by atoms with van der Waals surface area (Å²) in [6, 6.07) is 16.6. The molecule has 22 heavy (non-hydrogen) atoms. The predicted octanol–water partition coefficient (Wildman–Crippen LogP) is 3.34. The van der Waals surface area contributed by atoms with Crippen LogP contribution in [0.2, 0.25) is 5.02 Å². The largest absolute Gasteiger partial charge is 0.496 e. The van der Waals surface area contributed by atoms with E-state index < -0.39 is 0 Å². The van der Waals surface area contributed by atoms with E-state index in [4.69, 9.17) is 16.3 Å². The number of rotatable bonds is 4. The van der Waals surface area contributed by atoms with Crippen LogP contribution in [-0.2, 0) is 0 Å². The number of nitrogens with one attached hydrogen (secondary N) is 1. The van der Waals surface area contributed by atoms with Gasteiger partial charge in [-0.2, -0.15) is 0 Å². The van der Waals surface area contributed by atoms with Gasteiger partial charge in [0.05, 0.1) is 13.2 Å². The third kappa shape index (κ3) is 3.27. The molecular formula is C18H21ClN2O. The highest BCUT2D eigenvalue weighted by Crippen LogP contribution is 2.35. The summed E-state index contributed by atoms with van der Waals surface area (Å²) in [5.74, 6) is 0.931. The molecule has 1 fully saturated rings. The van der Waals surface area contributed by atoms with Gasteiger partial charge in [0.25, 0.3) is 0 Å². The molecule has 1 unspecified atom stereocenters. The second-order valence-electron chi connectivity index (χ2n) is 5.48. The summed E-state index contributed by atoms with van der Waals surface area (Å²) >= 11 is 6.06. The first-order valence-corrected chi connectivity index (χ1v) is 8.00. The molecule has 1 N–H and O–H groups in total. The maximum Gasteiger partial charge on any atom is 0.123 e. The molecule has 1 aliphatic heterocycles. The van der Waals surface area contributed by atoms with E-state index in [2.05, 4.69) is 34.5 Å². The molecule has 1 atom stereocenters. The van der Waals surface area contributed by atoms with Crippen LogP contribution < -0.4 is 10.1 Å². The van der Waals surface area contributed by atoms with Crippen molar-refractivity contribution < 1.29 is 4.74 Å². The summed E-state index contributed by atoms with van der Waals surface area (Å²) in [6.45, 7) is 4.06. The molecule has 2 aromatic carbocycles. The van der Waals surface area contributed by atoms with Crippen molar-refractivity contribution in [3.8, 4) is 5.75 Å². The van der Waals surface area contributed by atoms with Crippen molar-refractivity contribution in [1.82, 2.24) is 10.2 Å². The molecule has 1 aliphatic rings. The molecule has 1 saturated heterocycles. The summed E-state index contributed by atoms with van der Waals surface area (Å²) in [5, 5.41) is 4.18. The van der Waals surface area contributed by atoms with E-state index in [9.17, 15) is 0 Å². The Morgan fingerprint density at radius 2 is 1.73 bits per heavy atom. The Morgan fingerprint density at radius 3 is 2.41 bits per heavy atom. The normalized spacial score (nSPS) is 17.2. The third-order valence-electron chi connectivity index (χ3n) is 4.14. The minimum atomic E-state index is 0.190. The highest BCUT2D eigenvalue weighted by molar-refractivity contribution is 6.30. The minimum Gasteiger partial charge on any atom is -0.496 e. The number of methoxy groups -OCH3 is 1. The van der Waals surface area contributed by atoms with Gasteiger partial charge in [-0.15, -0.1) is 0 Å². The maximum absolute atomic E-state index is 6.06. The van der Waals surface area contributed by atoms with Crippen molar-refractivity contribution in [1.29, 1.82) is 0 Å². The Morgan fingerprint density at radius 1 is 1.05 bits per heavy atom. The van der Waals surface area contributed by atoms with Gasteiger partial charge in [-0.3, -0.25) is 4.90 Å². The minimum absolute atomic E-state index is 0.190. The number of para-hydroxylation sites is 1. The van der Waals surface area contributed by atoms with Gasteiger partial charge in [0, 0.05) is 36.8 Å². The first kappa shape index (κ1) is 15.3. The first-order valence-electron chi connectivity index (χ1n) is 7.63. The van der Waals surface area contributed by atoms with Gasteiger partial charge in [0.15, 0.2) is 0 Å². The molecule has 0 bridgehead atoms. The van der Waals surface area contributed by atoms with E-state index >= 15 is 0 Å². The monoisotopic (exact) mass is 316 g/mol. The van der Waals surface area contributed by atoms with Gasteiger partial charge >= 0.3 is 0 Å². The molecule has 3 rings (SSSR count). The Bertz CT molecular complexity index is 609. The number of piperazine rings is 1. The molecule has 0 spiro atoms. The van der Waals surface area contributed by atoms with E-state index in [0.29, 0.717) is 0 Å². The Kier molecular flexibility index (Phi) is 4.98. The van der Waals surface area contributed by atoms with Crippen molar-refractivity contribution >= 4 is 11.6 Å². The standard InChI is InChI=1S/C18H21ClN2O/c1-22-17-5-3-2-4-16(17)18(21-12-10-20-11-13-21)14-6-8-15(19)9-7-14/h2-9,18,20H,10-13H2,1H3. The quantitative estimate of drug-likeness (QED) is 0.936. The fourth-order valence-electron chi connectivity index (χ4n) is 3.06. The van der Waals surface area contributed by atoms with Crippen LogP contribution in [0, 0.1) is 0 Å². The average Bonchev–Trinajstić information content (AvgIpc) is 2.58. The van der Waals surface area contributed by atoms with Crippen LogP contribution in [0.25, 0.3) is 0 Å². The SMILES string of the molecule is COc1ccccc1C(c1ccc(Cl)cc1)N1CCNCC1. The van der Waals surface area contributed by atoms with Gasteiger partial charge in [0.1, 0.15) is 5.75 Å². The van der Waals surface area contributed by atoms with Crippen LogP contribution in [0.3, 0.4) is 0 Å². The van der Waals surface area contributed by atoms with E-state index in [0.717, 1.165) is 37.0 Å². The van der Waals surface area contributed by atoms with Crippen molar-refractivity contribution in [2.75, 3.05) is 33.3 Å². The molecule has 0 aliphatic carbocycles. The van der Waals surface area contributed by atoms with E-state index in [-0.39, 0.29) is 6.04 Å². The molecule has 1 heterocycles. The van der Waals surface area contributed by atoms with Crippen molar-refractivity contribution in [2.45, 2.75) is 6.04 Å². The topological polar surface area (TPSA) is 24.5 Å². The van der Waals surface area contributed by atoms with Crippen molar-refractivity contribution in [2.24, 2.45) is 0 Å². The molecule has 0 saturated carbocycles. The van der Waals surface area contributed by atoms with E-state index in [1.807, 2.05) is 24.3 Å². The average molecular weight is 317 g/mol. The van der Waals surface area contributed by atoms with Crippen LogP contribution in [0.5, 0.6) is 5.75 Å². The van der Waals surface area contributed by atoms with Crippen molar-refractivity contribution in [3.05, 3.63) is 64.7 Å². The fraction of sp³-hybridized carbons (Fsp3) is 0.333. The Balaban J connectivity index is 2.03. The number of hydrogen-bond donors (Lipinski definition) is 1. The lowest BCUT2D eigenvalue weighted by atomic mass is 9.95. The zero-order valence-electron chi connectivity index (χ0n) is 12.8. The lowest BCUT2D eigenvalue weighted by molar-refractivity contribution is 0.195. The van der Waals surface area contributed by atoms with Crippen LogP contribution in [0.15, 0.2) is 48.5 Å². The smallest absolute Gasteiger partial charge is 0.123 e. The zero-order chi connectivity index (χ0) is 15.4. The van der Waals surface area contributed by atoms with Crippen molar-refractivity contribution in [3.63, 3.8) is 0 Å². The molecule has 0 amide bonds. The molecule has 116 valence electrons. The molecule has 2 aromatic rings. The summed E-state index contributed by atoms with van der Waals surface area (Å²) in [7, 11) is 1.73. The third-order valence-corrected chi connectivity index (χ3v) is 4.39. The number of ether oxygens (including phenoxy) is 1. The summed E-state index contributed by atoms with van der Waals surface area (Å²) in [4.78, 5) is 2.50. The second kappa shape index (κ2) is 7.14. The summed E-state index contributed by atoms with van der Waals surface area (Å²) in [6.07, 6.45) is 0. The molecule has 0 aromatic heterocycles. The number of benzene rings is 2. The second-order valence-corrected chi connectivity index (χ2v) is 5.92. The van der Waals surface area contributed by atoms with Gasteiger partial charge in [-0.1, -0.05) is 41.9 Å². The fourth-order valence-corrected chi connectivity index (χ4v) is 3.19. The van der Waals surface area contributed by atoms with Crippen LogP contribution in [-0.4, -0.2) is 38.2 Å². The predicted molar refractivity (Wildman–Crippen MR) is 90.7 cm³/mol. The van der Waals surface area contributed by atoms with Gasteiger partial charge in [-0.05, 0) is 23.8 Å². The number of halogens is 1. The van der Waals surface area contributed by atoms with Gasteiger partial charge in [0.2, 0.25) is 0 Å². The number of nitrogens with zero attached hydrogens (tertiary/aromatic N) is 1. The zero-order valence-corrected chi connectivity index (χ0v) is 13.5. The highest BCUT2D eigenvalue weighted by atomic mass is 35.5. The Hall–Kier alpha value is -1.55. The maximum atomic E-state index is 6.06. The first-order chi connectivity index (χ1) is 10.8. The lowest BCUT2D eigenvalue weighted by Gasteiger charge is -2.36. The summed E-state index contributed by atoms with van der Waals surface area (Å²) < 4.78 is 5.59. The van der Waals surface area contributed by atoms with Crippen LogP contribution in [0.1, 0.15) is 17.2 Å².